The lowest BCUT2D eigenvalue weighted by Crippen LogP contribution is -2.28. The predicted octanol–water partition coefficient (Wildman–Crippen LogP) is 4.97. The van der Waals surface area contributed by atoms with Crippen molar-refractivity contribution in [2.24, 2.45) is 0 Å². The van der Waals surface area contributed by atoms with E-state index in [-0.39, 0.29) is 0 Å². The maximum absolute atomic E-state index is 6.21. The van der Waals surface area contributed by atoms with Gasteiger partial charge >= 0.3 is 0 Å². The first-order valence-electron chi connectivity index (χ1n) is 7.25. The van der Waals surface area contributed by atoms with Crippen molar-refractivity contribution in [1.29, 1.82) is 0 Å². The van der Waals surface area contributed by atoms with Gasteiger partial charge < -0.3 is 15.1 Å². The summed E-state index contributed by atoms with van der Waals surface area (Å²) < 4.78 is 6.91. The van der Waals surface area contributed by atoms with Gasteiger partial charge in [-0.25, -0.2) is 0 Å². The summed E-state index contributed by atoms with van der Waals surface area (Å²) in [6, 6.07) is 8.99. The molecule has 25 heavy (non-hydrogen) atoms. The molecule has 0 amide bonds. The zero-order chi connectivity index (χ0) is 17.8. The summed E-state index contributed by atoms with van der Waals surface area (Å²) in [6.07, 6.45) is 3.30. The highest BCUT2D eigenvalue weighted by atomic mass is 35.5. The van der Waals surface area contributed by atoms with Crippen LogP contribution < -0.4 is 10.6 Å². The van der Waals surface area contributed by atoms with E-state index in [2.05, 4.69) is 15.7 Å². The van der Waals surface area contributed by atoms with Crippen molar-refractivity contribution in [3.63, 3.8) is 0 Å². The summed E-state index contributed by atoms with van der Waals surface area (Å²) in [5, 5.41) is 12.4. The van der Waals surface area contributed by atoms with Crippen LogP contribution in [0.3, 0.4) is 0 Å². The van der Waals surface area contributed by atoms with Gasteiger partial charge in [-0.15, -0.1) is 0 Å². The summed E-state index contributed by atoms with van der Waals surface area (Å²) in [4.78, 5) is 0. The monoisotopic (exact) mass is 414 g/mol. The quantitative estimate of drug-likeness (QED) is 0.576. The van der Waals surface area contributed by atoms with Gasteiger partial charge in [0.15, 0.2) is 10.9 Å². The first-order chi connectivity index (χ1) is 12.0. The van der Waals surface area contributed by atoms with Crippen LogP contribution in [0.1, 0.15) is 11.3 Å². The summed E-state index contributed by atoms with van der Waals surface area (Å²) in [7, 11) is 0. The Morgan fingerprint density at radius 2 is 2.04 bits per heavy atom. The molecule has 3 rings (SSSR count). The molecular formula is C16H13Cl3N4OS. The van der Waals surface area contributed by atoms with Gasteiger partial charge in [0.1, 0.15) is 10.8 Å². The summed E-state index contributed by atoms with van der Waals surface area (Å²) in [5.41, 5.74) is 0.885. The van der Waals surface area contributed by atoms with E-state index in [9.17, 15) is 0 Å². The van der Waals surface area contributed by atoms with E-state index < -0.39 is 0 Å². The van der Waals surface area contributed by atoms with Gasteiger partial charge in [0.2, 0.25) is 0 Å². The highest BCUT2D eigenvalue weighted by Crippen LogP contribution is 2.24. The molecule has 2 aromatic heterocycles. The number of anilines is 1. The zero-order valence-electron chi connectivity index (χ0n) is 12.8. The third-order valence-electron chi connectivity index (χ3n) is 3.30. The Bertz CT molecular complexity index is 880. The lowest BCUT2D eigenvalue weighted by molar-refractivity contribution is 0.503. The standard InChI is InChI=1S/C16H13Cl3N4OS/c17-11-4-3-10(13(18)6-11)8-23-9-14(19)15(22-23)21-16(25)20-7-12-2-1-5-24-12/h1-6,9H,7-8H2,(H2,20,21,22,25). The first-order valence-corrected chi connectivity index (χ1v) is 8.79. The SMILES string of the molecule is S=C(NCc1ccco1)Nc1nn(Cc2ccc(Cl)cc2Cl)cc1Cl. The van der Waals surface area contributed by atoms with Gasteiger partial charge in [-0.05, 0) is 42.0 Å². The normalized spacial score (nSPS) is 10.7. The second-order valence-corrected chi connectivity index (χ2v) is 6.81. The largest absolute Gasteiger partial charge is 0.467 e. The Morgan fingerprint density at radius 3 is 2.76 bits per heavy atom. The minimum Gasteiger partial charge on any atom is -0.467 e. The van der Waals surface area contributed by atoms with Gasteiger partial charge in [-0.2, -0.15) is 5.10 Å². The van der Waals surface area contributed by atoms with E-state index in [0.717, 1.165) is 11.3 Å². The van der Waals surface area contributed by atoms with Crippen LogP contribution >= 0.6 is 47.0 Å². The number of furan rings is 1. The van der Waals surface area contributed by atoms with Crippen molar-refractivity contribution in [3.05, 3.63) is 69.2 Å². The average Bonchev–Trinajstić information content (AvgIpc) is 3.19. The number of thiocarbonyl (C=S) groups is 1. The van der Waals surface area contributed by atoms with Crippen LogP contribution in [-0.4, -0.2) is 14.9 Å². The summed E-state index contributed by atoms with van der Waals surface area (Å²) in [6.45, 7) is 0.932. The molecular weight excluding hydrogens is 403 g/mol. The molecule has 0 radical (unpaired) electrons. The second kappa shape index (κ2) is 8.10. The Balaban J connectivity index is 1.62. The van der Waals surface area contributed by atoms with Crippen LogP contribution in [0.25, 0.3) is 0 Å². The smallest absolute Gasteiger partial charge is 0.173 e. The Kier molecular flexibility index (Phi) is 5.86. The molecule has 2 heterocycles. The molecule has 0 saturated heterocycles. The van der Waals surface area contributed by atoms with E-state index in [1.165, 1.54) is 0 Å². The van der Waals surface area contributed by atoms with Crippen molar-refractivity contribution in [2.75, 3.05) is 5.32 Å². The molecule has 3 aromatic rings. The fourth-order valence-electron chi connectivity index (χ4n) is 2.12. The van der Waals surface area contributed by atoms with Crippen LogP contribution in [0, 0.1) is 0 Å². The van der Waals surface area contributed by atoms with E-state index in [0.29, 0.717) is 39.1 Å². The summed E-state index contributed by atoms with van der Waals surface area (Å²) >= 11 is 23.5. The molecule has 5 nitrogen and oxygen atoms in total. The molecule has 0 spiro atoms. The number of rotatable bonds is 5. The fourth-order valence-corrected chi connectivity index (χ4v) is 2.95. The Labute approximate surface area is 164 Å². The zero-order valence-corrected chi connectivity index (χ0v) is 15.9. The molecule has 1 aromatic carbocycles. The maximum Gasteiger partial charge on any atom is 0.173 e. The molecule has 0 aliphatic rings. The number of nitrogens with one attached hydrogen (secondary N) is 2. The first kappa shape index (κ1) is 18.1. The molecule has 130 valence electrons. The molecule has 9 heteroatoms. The Morgan fingerprint density at radius 1 is 1.20 bits per heavy atom. The van der Waals surface area contributed by atoms with E-state index in [1.807, 2.05) is 18.2 Å². The van der Waals surface area contributed by atoms with Gasteiger partial charge in [0.05, 0.1) is 19.4 Å². The van der Waals surface area contributed by atoms with Gasteiger partial charge in [-0.3, -0.25) is 4.68 Å². The van der Waals surface area contributed by atoms with Gasteiger partial charge in [-0.1, -0.05) is 40.9 Å². The summed E-state index contributed by atoms with van der Waals surface area (Å²) in [5.74, 6) is 1.24. The number of hydrogen-bond acceptors (Lipinski definition) is 3. The van der Waals surface area contributed by atoms with Gasteiger partial charge in [0.25, 0.3) is 0 Å². The van der Waals surface area contributed by atoms with Crippen molar-refractivity contribution in [3.8, 4) is 0 Å². The van der Waals surface area contributed by atoms with Crippen LogP contribution in [0.5, 0.6) is 0 Å². The van der Waals surface area contributed by atoms with Crippen molar-refractivity contribution < 1.29 is 4.42 Å². The highest BCUT2D eigenvalue weighted by molar-refractivity contribution is 7.80. The third-order valence-corrected chi connectivity index (χ3v) is 4.41. The number of aromatic nitrogens is 2. The topological polar surface area (TPSA) is 55.0 Å². The van der Waals surface area contributed by atoms with Crippen molar-refractivity contribution >= 4 is 58.0 Å². The van der Waals surface area contributed by atoms with Crippen LogP contribution in [0.4, 0.5) is 5.82 Å². The lowest BCUT2D eigenvalue weighted by Gasteiger charge is -2.07. The molecule has 2 N–H and O–H groups in total. The average molecular weight is 416 g/mol. The maximum atomic E-state index is 6.21. The van der Waals surface area contributed by atoms with E-state index in [4.69, 9.17) is 51.4 Å². The lowest BCUT2D eigenvalue weighted by atomic mass is 10.2. The number of halogens is 3. The highest BCUT2D eigenvalue weighted by Gasteiger charge is 2.10. The molecule has 0 atom stereocenters. The molecule has 0 saturated carbocycles. The molecule has 0 unspecified atom stereocenters. The number of nitrogens with zero attached hydrogens (tertiary/aromatic N) is 2. The predicted molar refractivity (Wildman–Crippen MR) is 105 cm³/mol. The van der Waals surface area contributed by atoms with Gasteiger partial charge in [0, 0.05) is 16.2 Å². The van der Waals surface area contributed by atoms with Crippen LogP contribution in [0.15, 0.2) is 47.2 Å². The van der Waals surface area contributed by atoms with E-state index >= 15 is 0 Å². The fraction of sp³-hybridized carbons (Fsp3) is 0.125. The number of benzene rings is 1. The molecule has 0 fully saturated rings. The molecule has 0 bridgehead atoms. The number of hydrogen-bond donors (Lipinski definition) is 2. The van der Waals surface area contributed by atoms with E-state index in [1.54, 1.807) is 29.3 Å². The minimum atomic E-state index is 0.396. The van der Waals surface area contributed by atoms with Crippen LogP contribution in [-0.2, 0) is 13.1 Å². The minimum absolute atomic E-state index is 0.396. The molecule has 0 aliphatic carbocycles. The van der Waals surface area contributed by atoms with Crippen LogP contribution in [0.2, 0.25) is 15.1 Å². The second-order valence-electron chi connectivity index (χ2n) is 5.15. The molecule has 0 aliphatic heterocycles. The van der Waals surface area contributed by atoms with Crippen molar-refractivity contribution in [1.82, 2.24) is 15.1 Å². The third kappa shape index (κ3) is 4.89. The van der Waals surface area contributed by atoms with Crippen molar-refractivity contribution in [2.45, 2.75) is 13.1 Å². The Hall–Kier alpha value is -1.73.